The zero-order chi connectivity index (χ0) is 21.7. The van der Waals surface area contributed by atoms with E-state index in [1.54, 1.807) is 0 Å². The van der Waals surface area contributed by atoms with Crippen LogP contribution in [0.3, 0.4) is 0 Å². The Balaban J connectivity index is 0.000000213. The third-order valence-electron chi connectivity index (χ3n) is 6.49. The standard InChI is InChI=1S/2C14H19Cl.CH3/c2*1-10(2)14-8-7-13(15)9-12(14)6-5-11-3-4-11;/h2*7-11H,3-6H2,1-2H3;1H3/q;;-1. The molecule has 0 aromatic heterocycles. The molecule has 2 aliphatic rings. The highest BCUT2D eigenvalue weighted by molar-refractivity contribution is 6.30. The number of aryl methyl sites for hydroxylation is 2. The van der Waals surface area contributed by atoms with Gasteiger partial charge in [-0.3, -0.25) is 0 Å². The molecule has 0 amide bonds. The van der Waals surface area contributed by atoms with Crippen LogP contribution in [0.4, 0.5) is 0 Å². The predicted octanol–water partition coefficient (Wildman–Crippen LogP) is 10.1. The molecule has 0 heterocycles. The quantitative estimate of drug-likeness (QED) is 0.344. The minimum Gasteiger partial charge on any atom is -0.358 e. The maximum absolute atomic E-state index is 6.05. The summed E-state index contributed by atoms with van der Waals surface area (Å²) >= 11 is 12.1. The van der Waals surface area contributed by atoms with Gasteiger partial charge < -0.3 is 7.43 Å². The summed E-state index contributed by atoms with van der Waals surface area (Å²) in [5, 5.41) is 1.76. The largest absolute Gasteiger partial charge is 0.358 e. The van der Waals surface area contributed by atoms with Gasteiger partial charge in [-0.2, -0.15) is 0 Å². The number of benzene rings is 2. The highest BCUT2D eigenvalue weighted by Gasteiger charge is 2.22. The van der Waals surface area contributed by atoms with E-state index in [1.807, 2.05) is 12.1 Å². The summed E-state index contributed by atoms with van der Waals surface area (Å²) < 4.78 is 0. The molecule has 172 valence electrons. The first kappa shape index (κ1) is 26.3. The molecule has 2 saturated carbocycles. The molecule has 0 unspecified atom stereocenters. The van der Waals surface area contributed by atoms with E-state index in [9.17, 15) is 0 Å². The van der Waals surface area contributed by atoms with Gasteiger partial charge in [0.2, 0.25) is 0 Å². The fourth-order valence-electron chi connectivity index (χ4n) is 4.24. The highest BCUT2D eigenvalue weighted by atomic mass is 35.5. The van der Waals surface area contributed by atoms with Crippen LogP contribution in [0.15, 0.2) is 36.4 Å². The van der Waals surface area contributed by atoms with E-state index in [-0.39, 0.29) is 7.43 Å². The lowest BCUT2D eigenvalue weighted by Gasteiger charge is -2.13. The lowest BCUT2D eigenvalue weighted by molar-refractivity contribution is 0.713. The van der Waals surface area contributed by atoms with Gasteiger partial charge in [0.1, 0.15) is 0 Å². The summed E-state index contributed by atoms with van der Waals surface area (Å²) in [4.78, 5) is 0. The Labute approximate surface area is 201 Å². The maximum Gasteiger partial charge on any atom is 0.0408 e. The van der Waals surface area contributed by atoms with Gasteiger partial charge in [0.25, 0.3) is 0 Å². The maximum atomic E-state index is 6.05. The van der Waals surface area contributed by atoms with Crippen molar-refractivity contribution in [1.29, 1.82) is 0 Å². The van der Waals surface area contributed by atoms with E-state index in [4.69, 9.17) is 23.2 Å². The Hall–Kier alpha value is -0.980. The van der Waals surface area contributed by atoms with Crippen LogP contribution < -0.4 is 0 Å². The Morgan fingerprint density at radius 3 is 1.32 bits per heavy atom. The Morgan fingerprint density at radius 1 is 0.677 bits per heavy atom. The van der Waals surface area contributed by atoms with Crippen molar-refractivity contribution in [3.8, 4) is 0 Å². The lowest BCUT2D eigenvalue weighted by atomic mass is 9.94. The highest BCUT2D eigenvalue weighted by Crippen LogP contribution is 2.36. The average Bonchev–Trinajstić information content (AvgIpc) is 3.60. The molecular formula is C29H41Cl2-. The van der Waals surface area contributed by atoms with E-state index >= 15 is 0 Å². The second-order valence-electron chi connectivity index (χ2n) is 9.96. The van der Waals surface area contributed by atoms with Crippen molar-refractivity contribution in [3.63, 3.8) is 0 Å². The summed E-state index contributed by atoms with van der Waals surface area (Å²) in [7, 11) is 0. The SMILES string of the molecule is CC(C)c1ccc(Cl)cc1CCC1CC1.CC(C)c1ccc(Cl)cc1CCC1CC1.[CH3-]. The second-order valence-corrected chi connectivity index (χ2v) is 10.8. The van der Waals surface area contributed by atoms with Gasteiger partial charge >= 0.3 is 0 Å². The van der Waals surface area contributed by atoms with Gasteiger partial charge in [-0.25, -0.2) is 0 Å². The summed E-state index contributed by atoms with van der Waals surface area (Å²) in [6.07, 6.45) is 10.9. The van der Waals surface area contributed by atoms with Crippen molar-refractivity contribution in [3.05, 3.63) is 76.1 Å². The monoisotopic (exact) mass is 459 g/mol. The van der Waals surface area contributed by atoms with Crippen molar-refractivity contribution >= 4 is 23.2 Å². The smallest absolute Gasteiger partial charge is 0.0408 e. The van der Waals surface area contributed by atoms with E-state index in [1.165, 1.54) is 73.6 Å². The Bertz CT molecular complexity index is 744. The first-order chi connectivity index (χ1) is 14.3. The molecule has 31 heavy (non-hydrogen) atoms. The molecule has 2 heteroatoms. The van der Waals surface area contributed by atoms with Crippen molar-refractivity contribution < 1.29 is 0 Å². The van der Waals surface area contributed by atoms with Crippen LogP contribution in [0.2, 0.25) is 10.0 Å². The molecule has 0 bridgehead atoms. The van der Waals surface area contributed by atoms with Crippen LogP contribution in [-0.2, 0) is 12.8 Å². The summed E-state index contributed by atoms with van der Waals surface area (Å²) in [6, 6.07) is 12.7. The molecule has 2 aliphatic carbocycles. The Kier molecular flexibility index (Phi) is 10.4. The first-order valence-electron chi connectivity index (χ1n) is 11.9. The Morgan fingerprint density at radius 2 is 1.03 bits per heavy atom. The zero-order valence-electron chi connectivity index (χ0n) is 20.2. The molecule has 0 atom stereocenters. The van der Waals surface area contributed by atoms with E-state index in [0.29, 0.717) is 11.8 Å². The van der Waals surface area contributed by atoms with Crippen LogP contribution in [-0.4, -0.2) is 0 Å². The third kappa shape index (κ3) is 8.82. The van der Waals surface area contributed by atoms with Crippen LogP contribution in [0.25, 0.3) is 0 Å². The fraction of sp³-hybridized carbons (Fsp3) is 0.552. The normalized spacial score (nSPS) is 15.5. The van der Waals surface area contributed by atoms with Gasteiger partial charge in [0, 0.05) is 10.0 Å². The number of rotatable bonds is 8. The molecule has 2 aromatic rings. The summed E-state index contributed by atoms with van der Waals surface area (Å²) in [5.41, 5.74) is 5.87. The van der Waals surface area contributed by atoms with Crippen molar-refractivity contribution in [2.45, 2.75) is 90.9 Å². The molecule has 0 saturated heterocycles. The van der Waals surface area contributed by atoms with E-state index < -0.39 is 0 Å². The lowest BCUT2D eigenvalue weighted by Crippen LogP contribution is -1.97. The molecule has 0 spiro atoms. The topological polar surface area (TPSA) is 0 Å². The average molecular weight is 461 g/mol. The second kappa shape index (κ2) is 12.3. The van der Waals surface area contributed by atoms with E-state index in [0.717, 1.165) is 21.9 Å². The van der Waals surface area contributed by atoms with Crippen LogP contribution >= 0.6 is 23.2 Å². The first-order valence-corrected chi connectivity index (χ1v) is 12.7. The molecular weight excluding hydrogens is 419 g/mol. The summed E-state index contributed by atoms with van der Waals surface area (Å²) in [6.45, 7) is 9.02. The van der Waals surface area contributed by atoms with Crippen LogP contribution in [0, 0.1) is 19.3 Å². The van der Waals surface area contributed by atoms with Gasteiger partial charge in [-0.1, -0.05) is 88.7 Å². The summed E-state index contributed by atoms with van der Waals surface area (Å²) in [5.74, 6) is 3.22. The van der Waals surface area contributed by atoms with Crippen LogP contribution in [0.1, 0.15) is 100 Å². The molecule has 2 fully saturated rings. The molecule has 2 aromatic carbocycles. The predicted molar refractivity (Wildman–Crippen MR) is 140 cm³/mol. The fourth-order valence-corrected chi connectivity index (χ4v) is 4.63. The minimum absolute atomic E-state index is 0. The zero-order valence-corrected chi connectivity index (χ0v) is 21.7. The van der Waals surface area contributed by atoms with E-state index in [2.05, 4.69) is 52.0 Å². The minimum atomic E-state index is 0. The van der Waals surface area contributed by atoms with Crippen molar-refractivity contribution in [2.24, 2.45) is 11.8 Å². The van der Waals surface area contributed by atoms with Gasteiger partial charge in [-0.15, -0.1) is 0 Å². The molecule has 0 N–H and O–H groups in total. The van der Waals surface area contributed by atoms with Gasteiger partial charge in [-0.05, 0) is 95.9 Å². The molecule has 0 nitrogen and oxygen atoms in total. The van der Waals surface area contributed by atoms with Gasteiger partial charge in [0.05, 0.1) is 0 Å². The van der Waals surface area contributed by atoms with Crippen molar-refractivity contribution in [1.82, 2.24) is 0 Å². The number of hydrogen-bond donors (Lipinski definition) is 0. The van der Waals surface area contributed by atoms with Crippen LogP contribution in [0.5, 0.6) is 0 Å². The number of halogens is 2. The van der Waals surface area contributed by atoms with Crippen molar-refractivity contribution in [2.75, 3.05) is 0 Å². The molecule has 4 rings (SSSR count). The molecule has 0 radical (unpaired) electrons. The third-order valence-corrected chi connectivity index (χ3v) is 6.96. The van der Waals surface area contributed by atoms with Gasteiger partial charge in [0.15, 0.2) is 0 Å². The molecule has 0 aliphatic heterocycles. The number of hydrogen-bond acceptors (Lipinski definition) is 0.